The number of hydrogen-bond donors (Lipinski definition) is 1. The lowest BCUT2D eigenvalue weighted by Gasteiger charge is -2.41. The molecular formula is C18H25N3O4S. The standard InChI is InChI=1S/C18H25N3O4S/c1-2-26(24,25)16-8-4-3-7-15(16)18(23)20-10-5-6-14(13-20)21-11-9-19-12-17(21)22/h3-4,7-8,14,19H,2,5-6,9-13H2,1H3. The smallest absolute Gasteiger partial charge is 0.255 e. The maximum atomic E-state index is 13.0. The van der Waals surface area contributed by atoms with Crippen molar-refractivity contribution in [1.29, 1.82) is 0 Å². The number of hydrogen-bond acceptors (Lipinski definition) is 5. The lowest BCUT2D eigenvalue weighted by atomic mass is 10.0. The largest absolute Gasteiger partial charge is 0.337 e. The van der Waals surface area contributed by atoms with Gasteiger partial charge in [-0.3, -0.25) is 9.59 Å². The third-order valence-electron chi connectivity index (χ3n) is 5.08. The predicted molar refractivity (Wildman–Crippen MR) is 97.7 cm³/mol. The molecule has 2 heterocycles. The zero-order valence-corrected chi connectivity index (χ0v) is 15.8. The first kappa shape index (κ1) is 18.8. The van der Waals surface area contributed by atoms with Gasteiger partial charge in [0.1, 0.15) is 0 Å². The summed E-state index contributed by atoms with van der Waals surface area (Å²) in [5.41, 5.74) is 0.224. The Balaban J connectivity index is 1.81. The summed E-state index contributed by atoms with van der Waals surface area (Å²) in [7, 11) is -3.48. The van der Waals surface area contributed by atoms with E-state index in [4.69, 9.17) is 0 Å². The van der Waals surface area contributed by atoms with E-state index >= 15 is 0 Å². The minimum Gasteiger partial charge on any atom is -0.337 e. The highest BCUT2D eigenvalue weighted by Gasteiger charge is 2.33. The van der Waals surface area contributed by atoms with Crippen molar-refractivity contribution in [3.8, 4) is 0 Å². The molecule has 1 N–H and O–H groups in total. The number of rotatable bonds is 4. The summed E-state index contributed by atoms with van der Waals surface area (Å²) < 4.78 is 24.7. The van der Waals surface area contributed by atoms with Crippen molar-refractivity contribution < 1.29 is 18.0 Å². The van der Waals surface area contributed by atoms with Crippen LogP contribution < -0.4 is 5.32 Å². The first-order valence-corrected chi connectivity index (χ1v) is 10.7. The molecule has 142 valence electrons. The predicted octanol–water partition coefficient (Wildman–Crippen LogP) is 0.517. The Morgan fingerprint density at radius 2 is 2.04 bits per heavy atom. The van der Waals surface area contributed by atoms with E-state index in [9.17, 15) is 18.0 Å². The number of carbonyl (C=O) groups excluding carboxylic acids is 2. The molecular weight excluding hydrogens is 354 g/mol. The third-order valence-corrected chi connectivity index (χ3v) is 6.87. The summed E-state index contributed by atoms with van der Waals surface area (Å²) in [6, 6.07) is 6.39. The minimum absolute atomic E-state index is 0.00255. The van der Waals surface area contributed by atoms with Crippen LogP contribution in [0.15, 0.2) is 29.2 Å². The Kier molecular flexibility index (Phi) is 5.62. The van der Waals surface area contributed by atoms with Crippen molar-refractivity contribution in [2.24, 2.45) is 0 Å². The fourth-order valence-corrected chi connectivity index (χ4v) is 4.73. The van der Waals surface area contributed by atoms with Gasteiger partial charge < -0.3 is 15.1 Å². The van der Waals surface area contributed by atoms with E-state index in [0.717, 1.165) is 19.4 Å². The monoisotopic (exact) mass is 379 g/mol. The van der Waals surface area contributed by atoms with Crippen molar-refractivity contribution in [2.45, 2.75) is 30.7 Å². The molecule has 2 amide bonds. The van der Waals surface area contributed by atoms with Gasteiger partial charge in [0.2, 0.25) is 5.91 Å². The van der Waals surface area contributed by atoms with E-state index in [2.05, 4.69) is 5.32 Å². The van der Waals surface area contributed by atoms with Gasteiger partial charge in [-0.2, -0.15) is 0 Å². The summed E-state index contributed by atoms with van der Waals surface area (Å²) in [5, 5.41) is 3.06. The highest BCUT2D eigenvalue weighted by molar-refractivity contribution is 7.91. The number of carbonyl (C=O) groups is 2. The normalized spacial score (nSPS) is 21.7. The van der Waals surface area contributed by atoms with Gasteiger partial charge in [0.25, 0.3) is 5.91 Å². The van der Waals surface area contributed by atoms with Crippen molar-refractivity contribution >= 4 is 21.7 Å². The Hall–Kier alpha value is -1.93. The molecule has 0 bridgehead atoms. The molecule has 0 spiro atoms. The fourth-order valence-electron chi connectivity index (χ4n) is 3.64. The molecule has 3 rings (SSSR count). The van der Waals surface area contributed by atoms with Gasteiger partial charge in [0, 0.05) is 32.2 Å². The maximum Gasteiger partial charge on any atom is 0.255 e. The lowest BCUT2D eigenvalue weighted by molar-refractivity contribution is -0.135. The zero-order valence-electron chi connectivity index (χ0n) is 15.0. The van der Waals surface area contributed by atoms with E-state index < -0.39 is 9.84 Å². The maximum absolute atomic E-state index is 13.0. The number of piperidine rings is 1. The van der Waals surface area contributed by atoms with Crippen LogP contribution in [0.25, 0.3) is 0 Å². The molecule has 1 atom stereocenters. The first-order valence-electron chi connectivity index (χ1n) is 9.05. The summed E-state index contributed by atoms with van der Waals surface area (Å²) >= 11 is 0. The van der Waals surface area contributed by atoms with Gasteiger partial charge in [-0.05, 0) is 25.0 Å². The van der Waals surface area contributed by atoms with Crippen molar-refractivity contribution in [3.05, 3.63) is 29.8 Å². The molecule has 1 unspecified atom stereocenters. The zero-order chi connectivity index (χ0) is 18.7. The van der Waals surface area contributed by atoms with Crippen molar-refractivity contribution in [2.75, 3.05) is 38.5 Å². The van der Waals surface area contributed by atoms with Gasteiger partial charge in [0.05, 0.1) is 22.8 Å². The van der Waals surface area contributed by atoms with Crippen LogP contribution in [0, 0.1) is 0 Å². The molecule has 8 heteroatoms. The van der Waals surface area contributed by atoms with Gasteiger partial charge in [-0.25, -0.2) is 8.42 Å². The van der Waals surface area contributed by atoms with E-state index in [-0.39, 0.29) is 34.1 Å². The Bertz CT molecular complexity index is 793. The quantitative estimate of drug-likeness (QED) is 0.824. The first-order chi connectivity index (χ1) is 12.4. The number of nitrogens with one attached hydrogen (secondary N) is 1. The summed E-state index contributed by atoms with van der Waals surface area (Å²) in [4.78, 5) is 28.8. The van der Waals surface area contributed by atoms with Crippen LogP contribution in [-0.2, 0) is 14.6 Å². The van der Waals surface area contributed by atoms with E-state index in [1.54, 1.807) is 30.0 Å². The fraction of sp³-hybridized carbons (Fsp3) is 0.556. The van der Waals surface area contributed by atoms with Crippen LogP contribution in [0.1, 0.15) is 30.1 Å². The van der Waals surface area contributed by atoms with Gasteiger partial charge in [-0.1, -0.05) is 19.1 Å². The van der Waals surface area contributed by atoms with Crippen LogP contribution in [0.4, 0.5) is 0 Å². The molecule has 1 aromatic rings. The molecule has 2 fully saturated rings. The molecule has 2 saturated heterocycles. The second-order valence-corrected chi connectivity index (χ2v) is 8.96. The highest BCUT2D eigenvalue weighted by atomic mass is 32.2. The highest BCUT2D eigenvalue weighted by Crippen LogP contribution is 2.23. The van der Waals surface area contributed by atoms with E-state index in [1.807, 2.05) is 4.90 Å². The summed E-state index contributed by atoms with van der Waals surface area (Å²) in [6.07, 6.45) is 1.67. The summed E-state index contributed by atoms with van der Waals surface area (Å²) in [5.74, 6) is -0.260. The van der Waals surface area contributed by atoms with Gasteiger partial charge >= 0.3 is 0 Å². The SMILES string of the molecule is CCS(=O)(=O)c1ccccc1C(=O)N1CCCC(N2CCNCC2=O)C1. The lowest BCUT2D eigenvalue weighted by Crippen LogP contribution is -2.57. The van der Waals surface area contributed by atoms with Crippen LogP contribution in [-0.4, -0.2) is 74.6 Å². The molecule has 1 aromatic carbocycles. The second-order valence-electron chi connectivity index (χ2n) is 6.71. The Morgan fingerprint density at radius 1 is 1.27 bits per heavy atom. The average molecular weight is 379 g/mol. The average Bonchev–Trinajstić information content (AvgIpc) is 2.68. The summed E-state index contributed by atoms with van der Waals surface area (Å²) in [6.45, 7) is 4.34. The van der Waals surface area contributed by atoms with E-state index in [0.29, 0.717) is 26.2 Å². The molecule has 0 aliphatic carbocycles. The van der Waals surface area contributed by atoms with Crippen molar-refractivity contribution in [3.63, 3.8) is 0 Å². The molecule has 0 radical (unpaired) electrons. The van der Waals surface area contributed by atoms with Gasteiger partial charge in [0.15, 0.2) is 9.84 Å². The molecule has 0 saturated carbocycles. The third kappa shape index (κ3) is 3.76. The van der Waals surface area contributed by atoms with Crippen LogP contribution >= 0.6 is 0 Å². The number of benzene rings is 1. The molecule has 26 heavy (non-hydrogen) atoms. The topological polar surface area (TPSA) is 86.8 Å². The molecule has 7 nitrogen and oxygen atoms in total. The number of likely N-dealkylation sites (tertiary alicyclic amines) is 1. The number of amides is 2. The molecule has 2 aliphatic rings. The Morgan fingerprint density at radius 3 is 2.77 bits per heavy atom. The number of nitrogens with zero attached hydrogens (tertiary/aromatic N) is 2. The van der Waals surface area contributed by atoms with Crippen LogP contribution in [0.5, 0.6) is 0 Å². The molecule has 2 aliphatic heterocycles. The van der Waals surface area contributed by atoms with Crippen LogP contribution in [0.3, 0.4) is 0 Å². The second kappa shape index (κ2) is 7.75. The number of piperazine rings is 1. The van der Waals surface area contributed by atoms with Crippen LogP contribution in [0.2, 0.25) is 0 Å². The van der Waals surface area contributed by atoms with Crippen molar-refractivity contribution in [1.82, 2.24) is 15.1 Å². The number of sulfone groups is 1. The minimum atomic E-state index is -3.48. The Labute approximate surface area is 154 Å². The van der Waals surface area contributed by atoms with Gasteiger partial charge in [-0.15, -0.1) is 0 Å². The van der Waals surface area contributed by atoms with E-state index in [1.165, 1.54) is 6.07 Å². The molecule has 0 aromatic heterocycles.